The SMILES string of the molecule is COc1ccc(CNCC(=O)Nc2cc(C(F)(F)F)ccc2N2CCCCC2)cc1. The summed E-state index contributed by atoms with van der Waals surface area (Å²) in [6, 6.07) is 11.0. The van der Waals surface area contributed by atoms with Crippen LogP contribution in [0.2, 0.25) is 0 Å². The van der Waals surface area contributed by atoms with Gasteiger partial charge in [-0.3, -0.25) is 4.79 Å². The molecule has 0 unspecified atom stereocenters. The van der Waals surface area contributed by atoms with Gasteiger partial charge in [-0.2, -0.15) is 13.2 Å². The smallest absolute Gasteiger partial charge is 0.416 e. The molecule has 0 spiro atoms. The third kappa shape index (κ3) is 5.89. The van der Waals surface area contributed by atoms with E-state index >= 15 is 0 Å². The summed E-state index contributed by atoms with van der Waals surface area (Å²) in [6.45, 7) is 1.98. The maximum atomic E-state index is 13.2. The standard InChI is InChI=1S/C22H26F3N3O2/c1-30-18-8-5-16(6-9-18)14-26-15-21(29)27-19-13-17(22(23,24)25)7-10-20(19)28-11-3-2-4-12-28/h5-10,13,26H,2-4,11-12,14-15H2,1H3,(H,27,29). The summed E-state index contributed by atoms with van der Waals surface area (Å²) in [5.41, 5.74) is 1.02. The predicted octanol–water partition coefficient (Wildman–Crippen LogP) is 4.43. The van der Waals surface area contributed by atoms with Gasteiger partial charge in [0.1, 0.15) is 5.75 Å². The van der Waals surface area contributed by atoms with E-state index in [1.54, 1.807) is 7.11 Å². The Kier molecular flexibility index (Phi) is 7.20. The molecule has 0 aliphatic carbocycles. The number of carbonyl (C=O) groups is 1. The van der Waals surface area contributed by atoms with Crippen molar-refractivity contribution >= 4 is 17.3 Å². The van der Waals surface area contributed by atoms with Crippen LogP contribution in [0.25, 0.3) is 0 Å². The highest BCUT2D eigenvalue weighted by Crippen LogP contribution is 2.36. The molecular weight excluding hydrogens is 395 g/mol. The molecule has 8 heteroatoms. The third-order valence-electron chi connectivity index (χ3n) is 5.07. The van der Waals surface area contributed by atoms with E-state index in [4.69, 9.17) is 4.74 Å². The molecule has 1 saturated heterocycles. The Morgan fingerprint density at radius 2 is 1.77 bits per heavy atom. The largest absolute Gasteiger partial charge is 0.497 e. The summed E-state index contributed by atoms with van der Waals surface area (Å²) in [5.74, 6) is 0.354. The van der Waals surface area contributed by atoms with Crippen LogP contribution < -0.4 is 20.3 Å². The van der Waals surface area contributed by atoms with Gasteiger partial charge < -0.3 is 20.3 Å². The third-order valence-corrected chi connectivity index (χ3v) is 5.07. The molecule has 3 rings (SSSR count). The van der Waals surface area contributed by atoms with Crippen LogP contribution in [0.1, 0.15) is 30.4 Å². The van der Waals surface area contributed by atoms with Gasteiger partial charge in [-0.25, -0.2) is 0 Å². The van der Waals surface area contributed by atoms with Crippen LogP contribution in [0.3, 0.4) is 0 Å². The van der Waals surface area contributed by atoms with Gasteiger partial charge in [0.2, 0.25) is 5.91 Å². The molecule has 2 aromatic carbocycles. The number of ether oxygens (including phenoxy) is 1. The Bertz CT molecular complexity index is 848. The second kappa shape index (κ2) is 9.84. The highest BCUT2D eigenvalue weighted by molar-refractivity contribution is 5.95. The van der Waals surface area contributed by atoms with Crippen molar-refractivity contribution in [1.82, 2.24) is 5.32 Å². The molecule has 0 radical (unpaired) electrons. The van der Waals surface area contributed by atoms with E-state index in [2.05, 4.69) is 10.6 Å². The summed E-state index contributed by atoms with van der Waals surface area (Å²) in [5, 5.41) is 5.68. The maximum absolute atomic E-state index is 13.2. The first-order valence-electron chi connectivity index (χ1n) is 9.96. The Morgan fingerprint density at radius 1 is 1.07 bits per heavy atom. The van der Waals surface area contributed by atoms with Gasteiger partial charge >= 0.3 is 6.18 Å². The summed E-state index contributed by atoms with van der Waals surface area (Å²) >= 11 is 0. The van der Waals surface area contributed by atoms with Gasteiger partial charge in [0.05, 0.1) is 30.6 Å². The molecule has 2 N–H and O–H groups in total. The van der Waals surface area contributed by atoms with Crippen LogP contribution in [0, 0.1) is 0 Å². The quantitative estimate of drug-likeness (QED) is 0.695. The molecule has 1 fully saturated rings. The van der Waals surface area contributed by atoms with Crippen molar-refractivity contribution in [3.8, 4) is 5.75 Å². The molecule has 30 heavy (non-hydrogen) atoms. The second-order valence-corrected chi connectivity index (χ2v) is 7.28. The first kappa shape index (κ1) is 22.0. The Balaban J connectivity index is 1.65. The highest BCUT2D eigenvalue weighted by Gasteiger charge is 2.31. The fourth-order valence-electron chi connectivity index (χ4n) is 3.48. The van der Waals surface area contributed by atoms with Crippen molar-refractivity contribution in [1.29, 1.82) is 0 Å². The van der Waals surface area contributed by atoms with Gasteiger partial charge in [-0.1, -0.05) is 12.1 Å². The van der Waals surface area contributed by atoms with Crippen molar-refractivity contribution in [2.24, 2.45) is 0 Å². The number of nitrogens with zero attached hydrogens (tertiary/aromatic N) is 1. The molecule has 0 bridgehead atoms. The lowest BCUT2D eigenvalue weighted by Crippen LogP contribution is -2.32. The Hall–Kier alpha value is -2.74. The maximum Gasteiger partial charge on any atom is 0.416 e. The minimum absolute atomic E-state index is 0.0122. The van der Waals surface area contributed by atoms with Crippen LogP contribution in [-0.2, 0) is 17.5 Å². The fraction of sp³-hybridized carbons (Fsp3) is 0.409. The summed E-state index contributed by atoms with van der Waals surface area (Å²) < 4.78 is 44.6. The van der Waals surface area contributed by atoms with Gasteiger partial charge in [-0.05, 0) is 55.2 Å². The van der Waals surface area contributed by atoms with E-state index in [-0.39, 0.29) is 18.1 Å². The van der Waals surface area contributed by atoms with Crippen molar-refractivity contribution in [2.75, 3.05) is 37.0 Å². The van der Waals surface area contributed by atoms with Crippen LogP contribution >= 0.6 is 0 Å². The molecule has 162 valence electrons. The van der Waals surface area contributed by atoms with E-state index < -0.39 is 11.7 Å². The van der Waals surface area contributed by atoms with E-state index in [1.165, 1.54) is 6.07 Å². The predicted molar refractivity (Wildman–Crippen MR) is 111 cm³/mol. The number of carbonyl (C=O) groups excluding carboxylic acids is 1. The second-order valence-electron chi connectivity index (χ2n) is 7.28. The minimum Gasteiger partial charge on any atom is -0.497 e. The van der Waals surface area contributed by atoms with Crippen molar-refractivity contribution in [3.63, 3.8) is 0 Å². The highest BCUT2D eigenvalue weighted by atomic mass is 19.4. The van der Waals surface area contributed by atoms with Crippen LogP contribution in [-0.4, -0.2) is 32.7 Å². The van der Waals surface area contributed by atoms with Gasteiger partial charge in [0.25, 0.3) is 0 Å². The average molecular weight is 421 g/mol. The summed E-state index contributed by atoms with van der Waals surface area (Å²) in [7, 11) is 1.59. The number of amides is 1. The number of piperidine rings is 1. The zero-order chi connectivity index (χ0) is 21.6. The van der Waals surface area contributed by atoms with Crippen LogP contribution in [0.4, 0.5) is 24.5 Å². The van der Waals surface area contributed by atoms with Crippen molar-refractivity contribution in [3.05, 3.63) is 53.6 Å². The molecule has 1 aliphatic heterocycles. The molecule has 2 aromatic rings. The molecule has 0 aromatic heterocycles. The average Bonchev–Trinajstić information content (AvgIpc) is 2.74. The number of nitrogens with one attached hydrogen (secondary N) is 2. The number of methoxy groups -OCH3 is 1. The van der Waals surface area contributed by atoms with Crippen LogP contribution in [0.15, 0.2) is 42.5 Å². The molecule has 0 saturated carbocycles. The fourth-order valence-corrected chi connectivity index (χ4v) is 3.48. The van der Waals surface area contributed by atoms with E-state index in [9.17, 15) is 18.0 Å². The molecule has 1 amide bonds. The Morgan fingerprint density at radius 3 is 2.40 bits per heavy atom. The van der Waals surface area contributed by atoms with Crippen molar-refractivity contribution < 1.29 is 22.7 Å². The summed E-state index contributed by atoms with van der Waals surface area (Å²) in [6.07, 6.45) is -1.39. The van der Waals surface area contributed by atoms with Crippen molar-refractivity contribution in [2.45, 2.75) is 32.0 Å². The zero-order valence-electron chi connectivity index (χ0n) is 16.9. The van der Waals surface area contributed by atoms with Gasteiger partial charge in [-0.15, -0.1) is 0 Å². The summed E-state index contributed by atoms with van der Waals surface area (Å²) in [4.78, 5) is 14.4. The Labute approximate surface area is 174 Å². The molecule has 1 aliphatic rings. The number of anilines is 2. The number of hydrogen-bond acceptors (Lipinski definition) is 4. The van der Waals surface area contributed by atoms with E-state index in [0.29, 0.717) is 12.2 Å². The lowest BCUT2D eigenvalue weighted by molar-refractivity contribution is -0.137. The van der Waals surface area contributed by atoms with E-state index in [0.717, 1.165) is 55.8 Å². The number of benzene rings is 2. The molecule has 0 atom stereocenters. The topological polar surface area (TPSA) is 53.6 Å². The lowest BCUT2D eigenvalue weighted by atomic mass is 10.1. The first-order valence-corrected chi connectivity index (χ1v) is 9.96. The molecular formula is C22H26F3N3O2. The van der Waals surface area contributed by atoms with E-state index in [1.807, 2.05) is 29.2 Å². The van der Waals surface area contributed by atoms with Gasteiger partial charge in [0.15, 0.2) is 0 Å². The number of alkyl halides is 3. The first-order chi connectivity index (χ1) is 14.4. The number of rotatable bonds is 7. The monoisotopic (exact) mass is 421 g/mol. The molecule has 5 nitrogen and oxygen atoms in total. The normalized spacial score (nSPS) is 14.5. The molecule has 1 heterocycles. The number of hydrogen-bond donors (Lipinski definition) is 2. The minimum atomic E-state index is -4.47. The zero-order valence-corrected chi connectivity index (χ0v) is 16.9. The van der Waals surface area contributed by atoms with Crippen LogP contribution in [0.5, 0.6) is 5.75 Å². The number of halogens is 3. The lowest BCUT2D eigenvalue weighted by Gasteiger charge is -2.31. The van der Waals surface area contributed by atoms with Gasteiger partial charge in [0, 0.05) is 19.6 Å².